The van der Waals surface area contributed by atoms with Crippen molar-refractivity contribution in [2.45, 2.75) is 109 Å². The predicted octanol–water partition coefficient (Wildman–Crippen LogP) is 4.53. The number of ether oxygens (including phenoxy) is 1. The summed E-state index contributed by atoms with van der Waals surface area (Å²) >= 11 is 0. The first kappa shape index (κ1) is 27.9. The van der Waals surface area contributed by atoms with Crippen LogP contribution in [-0.4, -0.2) is 66.5 Å². The summed E-state index contributed by atoms with van der Waals surface area (Å²) in [4.78, 5) is 23.0. The fraction of sp³-hybridized carbons (Fsp3) is 0.913. The van der Waals surface area contributed by atoms with Crippen LogP contribution in [0.3, 0.4) is 0 Å². The van der Waals surface area contributed by atoms with Crippen molar-refractivity contribution in [3.05, 3.63) is 0 Å². The minimum Gasteiger partial charge on any atom is -0.481 e. The van der Waals surface area contributed by atoms with E-state index in [9.17, 15) is 14.7 Å². The van der Waals surface area contributed by atoms with E-state index in [1.807, 2.05) is 21.1 Å². The molecular formula is C23H46NO5+. The molecule has 2 atom stereocenters. The molecule has 0 rings (SSSR count). The zero-order chi connectivity index (χ0) is 22.1. The van der Waals surface area contributed by atoms with E-state index in [4.69, 9.17) is 9.84 Å². The molecule has 0 aromatic carbocycles. The van der Waals surface area contributed by atoms with E-state index in [1.54, 1.807) is 0 Å². The van der Waals surface area contributed by atoms with Crippen LogP contribution in [0.1, 0.15) is 96.8 Å². The summed E-state index contributed by atoms with van der Waals surface area (Å²) in [6.07, 6.45) is 12.5. The van der Waals surface area contributed by atoms with Gasteiger partial charge >= 0.3 is 11.9 Å². The van der Waals surface area contributed by atoms with Crippen LogP contribution in [0.25, 0.3) is 0 Å². The van der Waals surface area contributed by atoms with Crippen molar-refractivity contribution in [1.29, 1.82) is 0 Å². The molecule has 6 heteroatoms. The number of hydrogen-bond acceptors (Lipinski definition) is 4. The van der Waals surface area contributed by atoms with Crippen LogP contribution in [0, 0.1) is 0 Å². The fourth-order valence-corrected chi connectivity index (χ4v) is 3.49. The van der Waals surface area contributed by atoms with Crippen LogP contribution < -0.4 is 0 Å². The lowest BCUT2D eigenvalue weighted by Gasteiger charge is -2.28. The first-order valence-electron chi connectivity index (χ1n) is 11.5. The molecule has 0 aromatic heterocycles. The Morgan fingerprint density at radius 2 is 1.38 bits per heavy atom. The van der Waals surface area contributed by atoms with E-state index >= 15 is 0 Å². The molecule has 6 nitrogen and oxygen atoms in total. The zero-order valence-corrected chi connectivity index (χ0v) is 19.3. The third-order valence-corrected chi connectivity index (χ3v) is 5.01. The summed E-state index contributed by atoms with van der Waals surface area (Å²) < 4.78 is 5.96. The highest BCUT2D eigenvalue weighted by Crippen LogP contribution is 2.14. The number of likely N-dealkylation sites (N-methyl/N-ethyl adjacent to an activating group) is 1. The molecule has 0 fully saturated rings. The number of aliphatic carboxylic acids is 1. The number of aliphatic hydroxyl groups is 1. The van der Waals surface area contributed by atoms with Gasteiger partial charge in [0, 0.05) is 6.42 Å². The topological polar surface area (TPSA) is 83.8 Å². The van der Waals surface area contributed by atoms with Gasteiger partial charge in [-0.1, -0.05) is 64.7 Å². The zero-order valence-electron chi connectivity index (χ0n) is 19.3. The van der Waals surface area contributed by atoms with Crippen LogP contribution in [0.2, 0.25) is 0 Å². The fourth-order valence-electron chi connectivity index (χ4n) is 3.49. The molecule has 0 radical (unpaired) electrons. The largest absolute Gasteiger partial charge is 0.481 e. The number of nitrogens with zero attached hydrogens (tertiary/aromatic N) is 1. The molecule has 0 spiro atoms. The number of carbonyl (C=O) groups is 2. The smallest absolute Gasteiger partial charge is 0.307 e. The number of carboxylic acids is 1. The normalized spacial score (nSPS) is 13.8. The Morgan fingerprint density at radius 3 is 1.90 bits per heavy atom. The van der Waals surface area contributed by atoms with Crippen molar-refractivity contribution >= 4 is 11.9 Å². The quantitative estimate of drug-likeness (QED) is 0.184. The summed E-state index contributed by atoms with van der Waals surface area (Å²) in [6, 6.07) is 0. The van der Waals surface area contributed by atoms with Gasteiger partial charge in [0.2, 0.25) is 0 Å². The number of unbranched alkanes of at least 4 members (excludes halogenated alkanes) is 8. The van der Waals surface area contributed by atoms with Crippen molar-refractivity contribution in [2.24, 2.45) is 0 Å². The molecule has 0 amide bonds. The highest BCUT2D eigenvalue weighted by Gasteiger charge is 2.24. The van der Waals surface area contributed by atoms with Crippen molar-refractivity contribution in [3.8, 4) is 0 Å². The third kappa shape index (κ3) is 19.9. The lowest BCUT2D eigenvalue weighted by molar-refractivity contribution is -0.873. The van der Waals surface area contributed by atoms with Gasteiger partial charge in [0.25, 0.3) is 0 Å². The molecule has 0 saturated carbocycles. The molecule has 0 heterocycles. The van der Waals surface area contributed by atoms with E-state index in [0.29, 0.717) is 17.4 Å². The SMILES string of the molecule is CCCCC(O)CCCCCCCCCCC(=O)OC(CC(=O)O)C[N+](C)(C)C. The van der Waals surface area contributed by atoms with Gasteiger partial charge in [-0.05, 0) is 19.3 Å². The lowest BCUT2D eigenvalue weighted by Crippen LogP contribution is -2.43. The molecule has 2 N–H and O–H groups in total. The number of hydrogen-bond donors (Lipinski definition) is 2. The maximum Gasteiger partial charge on any atom is 0.307 e. The van der Waals surface area contributed by atoms with E-state index in [0.717, 1.165) is 51.4 Å². The number of quaternary nitrogens is 1. The van der Waals surface area contributed by atoms with Crippen LogP contribution in [-0.2, 0) is 14.3 Å². The maximum atomic E-state index is 12.0. The molecule has 2 unspecified atom stereocenters. The molecule has 0 aliphatic carbocycles. The van der Waals surface area contributed by atoms with Gasteiger partial charge in [-0.25, -0.2) is 0 Å². The minimum atomic E-state index is -0.938. The number of carbonyl (C=O) groups excluding carboxylic acids is 1. The molecule has 172 valence electrons. The second kappa shape index (κ2) is 16.6. The molecule has 0 saturated heterocycles. The standard InChI is InChI=1S/C23H45NO5/c1-5-6-15-20(25)16-13-11-9-7-8-10-12-14-17-23(28)29-21(18-22(26)27)19-24(2,3)4/h20-21,25H,5-19H2,1-4H3/p+1. The molecule has 0 bridgehead atoms. The van der Waals surface area contributed by atoms with Crippen LogP contribution in [0.15, 0.2) is 0 Å². The first-order valence-corrected chi connectivity index (χ1v) is 11.5. The lowest BCUT2D eigenvalue weighted by atomic mass is 10.0. The molecule has 0 aliphatic rings. The third-order valence-electron chi connectivity index (χ3n) is 5.01. The minimum absolute atomic E-state index is 0.118. The predicted molar refractivity (Wildman–Crippen MR) is 117 cm³/mol. The van der Waals surface area contributed by atoms with Gasteiger partial charge < -0.3 is 19.4 Å². The highest BCUT2D eigenvalue weighted by molar-refractivity contribution is 5.71. The van der Waals surface area contributed by atoms with E-state index in [-0.39, 0.29) is 18.5 Å². The first-order chi connectivity index (χ1) is 13.6. The molecule has 0 aliphatic heterocycles. The Hall–Kier alpha value is -1.14. The number of rotatable bonds is 19. The highest BCUT2D eigenvalue weighted by atomic mass is 16.5. The second-order valence-corrected chi connectivity index (χ2v) is 9.35. The van der Waals surface area contributed by atoms with Crippen LogP contribution in [0.5, 0.6) is 0 Å². The van der Waals surface area contributed by atoms with Crippen molar-refractivity contribution in [1.82, 2.24) is 0 Å². The molecule has 0 aromatic rings. The Labute approximate surface area is 178 Å². The Kier molecular flexibility index (Phi) is 16.0. The van der Waals surface area contributed by atoms with Crippen LogP contribution in [0.4, 0.5) is 0 Å². The molecular weight excluding hydrogens is 370 g/mol. The average molecular weight is 417 g/mol. The average Bonchev–Trinajstić information content (AvgIpc) is 2.59. The second-order valence-electron chi connectivity index (χ2n) is 9.35. The van der Waals surface area contributed by atoms with Gasteiger partial charge in [0.05, 0.1) is 33.7 Å². The monoisotopic (exact) mass is 416 g/mol. The van der Waals surface area contributed by atoms with E-state index < -0.39 is 12.1 Å². The summed E-state index contributed by atoms with van der Waals surface area (Å²) in [7, 11) is 5.87. The summed E-state index contributed by atoms with van der Waals surface area (Å²) in [5.41, 5.74) is 0. The Morgan fingerprint density at radius 1 is 0.862 bits per heavy atom. The Bertz CT molecular complexity index is 433. The maximum absolute atomic E-state index is 12.0. The van der Waals surface area contributed by atoms with Gasteiger partial charge in [0.15, 0.2) is 6.10 Å². The van der Waals surface area contributed by atoms with Gasteiger partial charge in [-0.2, -0.15) is 0 Å². The van der Waals surface area contributed by atoms with Gasteiger partial charge in [0.1, 0.15) is 6.54 Å². The molecule has 29 heavy (non-hydrogen) atoms. The van der Waals surface area contributed by atoms with Gasteiger partial charge in [-0.15, -0.1) is 0 Å². The summed E-state index contributed by atoms with van der Waals surface area (Å²) in [6.45, 7) is 2.64. The van der Waals surface area contributed by atoms with E-state index in [1.165, 1.54) is 25.7 Å². The number of aliphatic hydroxyl groups excluding tert-OH is 1. The summed E-state index contributed by atoms with van der Waals surface area (Å²) in [5.74, 6) is -1.22. The van der Waals surface area contributed by atoms with Crippen molar-refractivity contribution < 1.29 is 29.0 Å². The Balaban J connectivity index is 3.68. The van der Waals surface area contributed by atoms with Crippen molar-refractivity contribution in [2.75, 3.05) is 27.7 Å². The number of carboxylic acid groups (broad SMARTS) is 1. The number of esters is 1. The van der Waals surface area contributed by atoms with E-state index in [2.05, 4.69) is 6.92 Å². The van der Waals surface area contributed by atoms with Gasteiger partial charge in [-0.3, -0.25) is 9.59 Å². The summed E-state index contributed by atoms with van der Waals surface area (Å²) in [5, 5.41) is 18.8. The van der Waals surface area contributed by atoms with Crippen molar-refractivity contribution in [3.63, 3.8) is 0 Å². The van der Waals surface area contributed by atoms with Crippen LogP contribution >= 0.6 is 0 Å².